The summed E-state index contributed by atoms with van der Waals surface area (Å²) < 4.78 is 13.7. The van der Waals surface area contributed by atoms with Gasteiger partial charge in [0.1, 0.15) is 5.82 Å². The fourth-order valence-corrected chi connectivity index (χ4v) is 2.10. The van der Waals surface area contributed by atoms with Crippen molar-refractivity contribution >= 4 is 0 Å². The van der Waals surface area contributed by atoms with Crippen LogP contribution in [0.1, 0.15) is 28.3 Å². The van der Waals surface area contributed by atoms with Crippen LogP contribution in [0.3, 0.4) is 0 Å². The van der Waals surface area contributed by atoms with Crippen LogP contribution in [-0.2, 0) is 0 Å². The van der Waals surface area contributed by atoms with E-state index in [0.29, 0.717) is 5.56 Å². The summed E-state index contributed by atoms with van der Waals surface area (Å²) in [5.41, 5.74) is 3.81. The number of aromatic nitrogens is 1. The lowest BCUT2D eigenvalue weighted by Gasteiger charge is -2.19. The molecular weight excluding hydrogens is 227 g/mol. The van der Waals surface area contributed by atoms with Gasteiger partial charge >= 0.3 is 0 Å². The van der Waals surface area contributed by atoms with Crippen LogP contribution in [0.25, 0.3) is 0 Å². The Balaban J connectivity index is 2.45. The van der Waals surface area contributed by atoms with Gasteiger partial charge in [-0.25, -0.2) is 4.39 Å². The van der Waals surface area contributed by atoms with Crippen molar-refractivity contribution in [3.63, 3.8) is 0 Å². The van der Waals surface area contributed by atoms with Gasteiger partial charge in [-0.05, 0) is 55.3 Å². The molecule has 0 bridgehead atoms. The number of hydrogen-bond acceptors (Lipinski definition) is 2. The zero-order valence-electron chi connectivity index (χ0n) is 10.9. The number of rotatable bonds is 3. The maximum absolute atomic E-state index is 13.7. The smallest absolute Gasteiger partial charge is 0.126 e. The lowest BCUT2D eigenvalue weighted by molar-refractivity contribution is 0.607. The fourth-order valence-electron chi connectivity index (χ4n) is 2.10. The van der Waals surface area contributed by atoms with Crippen molar-refractivity contribution in [1.29, 1.82) is 0 Å². The maximum atomic E-state index is 13.7. The van der Waals surface area contributed by atoms with E-state index in [0.717, 1.165) is 16.7 Å². The second-order valence-corrected chi connectivity index (χ2v) is 4.46. The summed E-state index contributed by atoms with van der Waals surface area (Å²) in [6.07, 6.45) is 3.58. The van der Waals surface area contributed by atoms with E-state index < -0.39 is 0 Å². The van der Waals surface area contributed by atoms with Crippen LogP contribution in [-0.4, -0.2) is 12.0 Å². The fraction of sp³-hybridized carbons (Fsp3) is 0.267. The summed E-state index contributed by atoms with van der Waals surface area (Å²) in [5, 5.41) is 3.23. The number of aryl methyl sites for hydroxylation is 2. The highest BCUT2D eigenvalue weighted by Crippen LogP contribution is 2.25. The third-order valence-corrected chi connectivity index (χ3v) is 3.19. The van der Waals surface area contributed by atoms with Crippen LogP contribution in [0.2, 0.25) is 0 Å². The van der Waals surface area contributed by atoms with Crippen molar-refractivity contribution in [2.45, 2.75) is 19.9 Å². The summed E-state index contributed by atoms with van der Waals surface area (Å²) in [6, 6.07) is 7.32. The average Bonchev–Trinajstić information content (AvgIpc) is 2.37. The molecule has 0 aliphatic rings. The van der Waals surface area contributed by atoms with Gasteiger partial charge in [0.15, 0.2) is 0 Å². The van der Waals surface area contributed by atoms with Crippen LogP contribution in [0, 0.1) is 19.7 Å². The third kappa shape index (κ3) is 2.41. The number of nitrogens with one attached hydrogen (secondary N) is 1. The molecular formula is C15H17FN2. The van der Waals surface area contributed by atoms with E-state index in [1.165, 1.54) is 0 Å². The van der Waals surface area contributed by atoms with Crippen LogP contribution >= 0.6 is 0 Å². The Hall–Kier alpha value is -1.74. The lowest BCUT2D eigenvalue weighted by atomic mass is 9.96. The number of halogens is 1. The quantitative estimate of drug-likeness (QED) is 0.897. The second kappa shape index (κ2) is 5.27. The van der Waals surface area contributed by atoms with Crippen molar-refractivity contribution in [3.05, 3.63) is 64.7 Å². The molecule has 1 aromatic carbocycles. The predicted molar refractivity (Wildman–Crippen MR) is 71.0 cm³/mol. The van der Waals surface area contributed by atoms with E-state index in [1.54, 1.807) is 19.2 Å². The molecule has 1 aromatic heterocycles. The lowest BCUT2D eigenvalue weighted by Crippen LogP contribution is -2.19. The zero-order chi connectivity index (χ0) is 13.1. The summed E-state index contributed by atoms with van der Waals surface area (Å²) in [6.45, 7) is 3.78. The largest absolute Gasteiger partial charge is 0.309 e. The van der Waals surface area contributed by atoms with Gasteiger partial charge in [0.2, 0.25) is 0 Å². The normalized spacial score (nSPS) is 12.4. The Bertz CT molecular complexity index is 552. The minimum Gasteiger partial charge on any atom is -0.309 e. The molecule has 1 unspecified atom stereocenters. The summed E-state index contributed by atoms with van der Waals surface area (Å²) >= 11 is 0. The van der Waals surface area contributed by atoms with E-state index in [2.05, 4.69) is 10.3 Å². The molecule has 2 rings (SSSR count). The molecule has 1 atom stereocenters. The molecule has 2 aromatic rings. The van der Waals surface area contributed by atoms with Crippen LogP contribution in [0.5, 0.6) is 0 Å². The predicted octanol–water partition coefficient (Wildman–Crippen LogP) is 3.15. The third-order valence-electron chi connectivity index (χ3n) is 3.19. The minimum absolute atomic E-state index is 0.0110. The molecule has 0 aliphatic heterocycles. The van der Waals surface area contributed by atoms with Gasteiger partial charge in [0.25, 0.3) is 0 Å². The summed E-state index contributed by atoms with van der Waals surface area (Å²) in [4.78, 5) is 4.09. The molecule has 2 nitrogen and oxygen atoms in total. The molecule has 0 spiro atoms. The number of nitrogens with zero attached hydrogens (tertiary/aromatic N) is 1. The van der Waals surface area contributed by atoms with E-state index in [4.69, 9.17) is 0 Å². The van der Waals surface area contributed by atoms with Crippen molar-refractivity contribution < 1.29 is 4.39 Å². The first-order valence-corrected chi connectivity index (χ1v) is 5.97. The summed E-state index contributed by atoms with van der Waals surface area (Å²) in [5.74, 6) is -0.167. The monoisotopic (exact) mass is 244 g/mol. The van der Waals surface area contributed by atoms with E-state index in [9.17, 15) is 4.39 Å². The van der Waals surface area contributed by atoms with Crippen LogP contribution in [0.4, 0.5) is 4.39 Å². The highest BCUT2D eigenvalue weighted by molar-refractivity contribution is 5.36. The minimum atomic E-state index is -0.167. The first-order valence-electron chi connectivity index (χ1n) is 5.97. The van der Waals surface area contributed by atoms with Crippen molar-refractivity contribution in [3.8, 4) is 0 Å². The van der Waals surface area contributed by atoms with Crippen molar-refractivity contribution in [2.24, 2.45) is 0 Å². The summed E-state index contributed by atoms with van der Waals surface area (Å²) in [7, 11) is 1.88. The molecule has 0 aliphatic carbocycles. The number of benzene rings is 1. The number of hydrogen-bond donors (Lipinski definition) is 1. The van der Waals surface area contributed by atoms with Crippen molar-refractivity contribution in [1.82, 2.24) is 10.3 Å². The molecule has 0 radical (unpaired) electrons. The molecule has 3 heteroatoms. The Kier molecular flexibility index (Phi) is 3.72. The Labute approximate surface area is 107 Å². The molecule has 0 saturated carbocycles. The van der Waals surface area contributed by atoms with Gasteiger partial charge in [-0.1, -0.05) is 12.1 Å². The first-order chi connectivity index (χ1) is 8.63. The van der Waals surface area contributed by atoms with E-state index in [-0.39, 0.29) is 11.9 Å². The zero-order valence-corrected chi connectivity index (χ0v) is 10.9. The topological polar surface area (TPSA) is 24.9 Å². The van der Waals surface area contributed by atoms with Gasteiger partial charge in [-0.2, -0.15) is 0 Å². The van der Waals surface area contributed by atoms with Gasteiger partial charge in [-0.15, -0.1) is 0 Å². The molecule has 18 heavy (non-hydrogen) atoms. The van der Waals surface area contributed by atoms with Gasteiger partial charge in [-0.3, -0.25) is 4.98 Å². The Morgan fingerprint density at radius 3 is 2.56 bits per heavy atom. The standard InChI is InChI=1S/C15H17FN2/c1-10-4-5-12(8-14(10)16)15(17-3)13-6-7-18-9-11(13)2/h4-9,15,17H,1-3H3. The number of pyridine rings is 1. The Morgan fingerprint density at radius 2 is 1.94 bits per heavy atom. The maximum Gasteiger partial charge on any atom is 0.126 e. The molecule has 94 valence electrons. The molecule has 1 heterocycles. The highest BCUT2D eigenvalue weighted by atomic mass is 19.1. The van der Waals surface area contributed by atoms with Gasteiger partial charge < -0.3 is 5.32 Å². The van der Waals surface area contributed by atoms with E-state index >= 15 is 0 Å². The SMILES string of the molecule is CNC(c1ccc(C)c(F)c1)c1ccncc1C. The van der Waals surface area contributed by atoms with Gasteiger partial charge in [0, 0.05) is 12.4 Å². The molecule has 0 amide bonds. The molecule has 0 saturated heterocycles. The van der Waals surface area contributed by atoms with Gasteiger partial charge in [0.05, 0.1) is 6.04 Å². The molecule has 0 fully saturated rings. The first kappa shape index (κ1) is 12.7. The van der Waals surface area contributed by atoms with Crippen LogP contribution < -0.4 is 5.32 Å². The second-order valence-electron chi connectivity index (χ2n) is 4.46. The van der Waals surface area contributed by atoms with Crippen LogP contribution in [0.15, 0.2) is 36.7 Å². The highest BCUT2D eigenvalue weighted by Gasteiger charge is 2.15. The Morgan fingerprint density at radius 1 is 1.17 bits per heavy atom. The average molecular weight is 244 g/mol. The van der Waals surface area contributed by atoms with Crippen molar-refractivity contribution in [2.75, 3.05) is 7.05 Å². The molecule has 1 N–H and O–H groups in total. The van der Waals surface area contributed by atoms with E-state index in [1.807, 2.05) is 38.4 Å².